The van der Waals surface area contributed by atoms with Crippen molar-refractivity contribution < 1.29 is 9.84 Å². The molecule has 0 aromatic heterocycles. The van der Waals surface area contributed by atoms with Gasteiger partial charge in [0.1, 0.15) is 17.1 Å². The molecule has 2 rings (SSSR count). The van der Waals surface area contributed by atoms with Gasteiger partial charge in [-0.15, -0.1) is 0 Å². The predicted molar refractivity (Wildman–Crippen MR) is 74.5 cm³/mol. The molecule has 0 saturated carbocycles. The lowest BCUT2D eigenvalue weighted by Gasteiger charge is -2.36. The summed E-state index contributed by atoms with van der Waals surface area (Å²) in [5.74, 6) is 1.83. The Morgan fingerprint density at radius 1 is 1.39 bits per heavy atom. The Kier molecular flexibility index (Phi) is 3.56. The molecule has 0 spiro atoms. The van der Waals surface area contributed by atoms with Crippen LogP contribution in [0.1, 0.15) is 64.0 Å². The second-order valence-corrected chi connectivity index (χ2v) is 6.09. The van der Waals surface area contributed by atoms with Crippen LogP contribution in [0.4, 0.5) is 0 Å². The second-order valence-electron chi connectivity index (χ2n) is 6.09. The van der Waals surface area contributed by atoms with Crippen LogP contribution in [-0.2, 0) is 6.42 Å². The van der Waals surface area contributed by atoms with Gasteiger partial charge >= 0.3 is 0 Å². The molecule has 1 N–H and O–H groups in total. The lowest BCUT2D eigenvalue weighted by atomic mass is 9.85. The van der Waals surface area contributed by atoms with Crippen LogP contribution in [0.5, 0.6) is 11.5 Å². The van der Waals surface area contributed by atoms with Gasteiger partial charge in [0.05, 0.1) is 0 Å². The number of aromatic hydroxyl groups is 1. The average Bonchev–Trinajstić information content (AvgIpc) is 2.26. The number of hydrogen-bond donors (Lipinski definition) is 1. The molecule has 0 aliphatic carbocycles. The highest BCUT2D eigenvalue weighted by atomic mass is 16.5. The maximum atomic E-state index is 10.1. The van der Waals surface area contributed by atoms with Crippen LogP contribution >= 0.6 is 0 Å². The fraction of sp³-hybridized carbons (Fsp3) is 0.625. The Labute approximate surface area is 110 Å². The average molecular weight is 248 g/mol. The van der Waals surface area contributed by atoms with Gasteiger partial charge in [0.15, 0.2) is 0 Å². The number of phenolic OH excluding ortho intramolecular Hbond substituents is 1. The van der Waals surface area contributed by atoms with Gasteiger partial charge in [-0.3, -0.25) is 0 Å². The second kappa shape index (κ2) is 4.83. The molecule has 0 bridgehead atoms. The molecule has 1 aliphatic heterocycles. The summed E-state index contributed by atoms with van der Waals surface area (Å²) in [6.07, 6.45) is 4.16. The van der Waals surface area contributed by atoms with Gasteiger partial charge < -0.3 is 9.84 Å². The number of ether oxygens (including phenoxy) is 1. The maximum absolute atomic E-state index is 10.1. The van der Waals surface area contributed by atoms with Gasteiger partial charge in [0, 0.05) is 5.56 Å². The SMILES string of the molecule is CCCCc1cc2c(cc1O)C(C)CC(C)(C)O2. The quantitative estimate of drug-likeness (QED) is 0.859. The minimum atomic E-state index is -0.106. The van der Waals surface area contributed by atoms with Crippen LogP contribution in [-0.4, -0.2) is 10.7 Å². The van der Waals surface area contributed by atoms with Crippen molar-refractivity contribution in [3.05, 3.63) is 23.3 Å². The molecule has 18 heavy (non-hydrogen) atoms. The van der Waals surface area contributed by atoms with Crippen LogP contribution in [0.15, 0.2) is 12.1 Å². The lowest BCUT2D eigenvalue weighted by Crippen LogP contribution is -2.34. The van der Waals surface area contributed by atoms with E-state index in [1.54, 1.807) is 0 Å². The number of phenols is 1. The Bertz CT molecular complexity index is 435. The molecule has 2 nitrogen and oxygen atoms in total. The van der Waals surface area contributed by atoms with Crippen molar-refractivity contribution in [2.45, 2.75) is 64.9 Å². The minimum absolute atomic E-state index is 0.106. The van der Waals surface area contributed by atoms with Crippen LogP contribution in [0.2, 0.25) is 0 Å². The number of benzene rings is 1. The molecule has 0 saturated heterocycles. The molecule has 1 aromatic rings. The zero-order chi connectivity index (χ0) is 13.3. The lowest BCUT2D eigenvalue weighted by molar-refractivity contribution is 0.0743. The van der Waals surface area contributed by atoms with Gasteiger partial charge in [-0.2, -0.15) is 0 Å². The van der Waals surface area contributed by atoms with Gasteiger partial charge in [-0.05, 0) is 56.7 Å². The van der Waals surface area contributed by atoms with E-state index >= 15 is 0 Å². The summed E-state index contributed by atoms with van der Waals surface area (Å²) in [5.41, 5.74) is 2.05. The van der Waals surface area contributed by atoms with Crippen molar-refractivity contribution in [2.75, 3.05) is 0 Å². The number of hydrogen-bond acceptors (Lipinski definition) is 2. The van der Waals surface area contributed by atoms with Crippen LogP contribution in [0, 0.1) is 0 Å². The third-order valence-electron chi connectivity index (χ3n) is 3.73. The maximum Gasteiger partial charge on any atom is 0.124 e. The summed E-state index contributed by atoms with van der Waals surface area (Å²) in [4.78, 5) is 0. The highest BCUT2D eigenvalue weighted by Crippen LogP contribution is 2.43. The normalized spacial score (nSPS) is 21.2. The van der Waals surface area contributed by atoms with E-state index in [2.05, 4.69) is 27.7 Å². The fourth-order valence-corrected chi connectivity index (χ4v) is 2.85. The molecule has 1 unspecified atom stereocenters. The van der Waals surface area contributed by atoms with E-state index in [-0.39, 0.29) is 5.60 Å². The van der Waals surface area contributed by atoms with Gasteiger partial charge in [0.2, 0.25) is 0 Å². The summed E-state index contributed by atoms with van der Waals surface area (Å²) in [7, 11) is 0. The van der Waals surface area contributed by atoms with E-state index in [0.29, 0.717) is 11.7 Å². The first kappa shape index (κ1) is 13.3. The number of rotatable bonds is 3. The third-order valence-corrected chi connectivity index (χ3v) is 3.73. The monoisotopic (exact) mass is 248 g/mol. The highest BCUT2D eigenvalue weighted by Gasteiger charge is 2.32. The largest absolute Gasteiger partial charge is 0.508 e. The van der Waals surface area contributed by atoms with Crippen molar-refractivity contribution in [1.82, 2.24) is 0 Å². The molecule has 100 valence electrons. The van der Waals surface area contributed by atoms with Crippen molar-refractivity contribution in [2.24, 2.45) is 0 Å². The topological polar surface area (TPSA) is 29.5 Å². The van der Waals surface area contributed by atoms with Crippen LogP contribution in [0.25, 0.3) is 0 Å². The molecule has 1 atom stereocenters. The van der Waals surface area contributed by atoms with Crippen molar-refractivity contribution in [3.8, 4) is 11.5 Å². The van der Waals surface area contributed by atoms with E-state index in [9.17, 15) is 5.11 Å². The molecular weight excluding hydrogens is 224 g/mol. The Hall–Kier alpha value is -1.18. The van der Waals surface area contributed by atoms with E-state index in [4.69, 9.17) is 4.74 Å². The first-order chi connectivity index (χ1) is 8.43. The molecule has 1 heterocycles. The summed E-state index contributed by atoms with van der Waals surface area (Å²) in [6.45, 7) is 8.63. The van der Waals surface area contributed by atoms with Crippen LogP contribution < -0.4 is 4.74 Å². The third kappa shape index (κ3) is 2.63. The number of unbranched alkanes of at least 4 members (excludes halogenated alkanes) is 1. The Balaban J connectivity index is 2.35. The molecule has 0 radical (unpaired) electrons. The summed E-state index contributed by atoms with van der Waals surface area (Å²) >= 11 is 0. The minimum Gasteiger partial charge on any atom is -0.508 e. The van der Waals surface area contributed by atoms with Crippen LogP contribution in [0.3, 0.4) is 0 Å². The molecule has 1 aromatic carbocycles. The van der Waals surface area contributed by atoms with Gasteiger partial charge in [0.25, 0.3) is 0 Å². The zero-order valence-corrected chi connectivity index (χ0v) is 11.9. The number of fused-ring (bicyclic) bond motifs is 1. The summed E-state index contributed by atoms with van der Waals surface area (Å²) in [6, 6.07) is 3.94. The number of aryl methyl sites for hydroxylation is 1. The standard InChI is InChI=1S/C16H24O2/c1-5-6-7-12-8-15-13(9-14(12)17)11(2)10-16(3,4)18-15/h8-9,11,17H,5-7,10H2,1-4H3. The summed E-state index contributed by atoms with van der Waals surface area (Å²) < 4.78 is 6.05. The first-order valence-corrected chi connectivity index (χ1v) is 6.98. The molecule has 0 fully saturated rings. The van der Waals surface area contributed by atoms with E-state index in [1.165, 1.54) is 0 Å². The van der Waals surface area contributed by atoms with Gasteiger partial charge in [-0.25, -0.2) is 0 Å². The van der Waals surface area contributed by atoms with E-state index in [0.717, 1.165) is 42.6 Å². The molecule has 0 amide bonds. The first-order valence-electron chi connectivity index (χ1n) is 6.98. The highest BCUT2D eigenvalue weighted by molar-refractivity contribution is 5.48. The van der Waals surface area contributed by atoms with Crippen molar-refractivity contribution in [1.29, 1.82) is 0 Å². The fourth-order valence-electron chi connectivity index (χ4n) is 2.85. The Morgan fingerprint density at radius 3 is 2.78 bits per heavy atom. The predicted octanol–water partition coefficient (Wildman–Crippen LogP) is 4.40. The van der Waals surface area contributed by atoms with E-state index < -0.39 is 0 Å². The Morgan fingerprint density at radius 2 is 2.11 bits per heavy atom. The van der Waals surface area contributed by atoms with E-state index in [1.807, 2.05) is 12.1 Å². The van der Waals surface area contributed by atoms with Crippen molar-refractivity contribution in [3.63, 3.8) is 0 Å². The smallest absolute Gasteiger partial charge is 0.124 e. The summed E-state index contributed by atoms with van der Waals surface area (Å²) in [5, 5.41) is 10.1. The molecular formula is C16H24O2. The van der Waals surface area contributed by atoms with Crippen molar-refractivity contribution >= 4 is 0 Å². The van der Waals surface area contributed by atoms with Gasteiger partial charge in [-0.1, -0.05) is 20.3 Å². The molecule has 1 aliphatic rings. The molecule has 2 heteroatoms. The zero-order valence-electron chi connectivity index (χ0n) is 11.9.